The van der Waals surface area contributed by atoms with E-state index in [-0.39, 0.29) is 0 Å². The Kier molecular flexibility index (Phi) is 5.31. The molecule has 2 nitrogen and oxygen atoms in total. The first-order valence-electron chi connectivity index (χ1n) is 8.74. The zero-order valence-electron chi connectivity index (χ0n) is 15.0. The molecule has 4 aromatic rings. The smallest absolute Gasteiger partial charge is 0.0737 e. The molecule has 0 saturated carbocycles. The third-order valence-corrected chi connectivity index (χ3v) is 5.57. The molecule has 0 aliphatic heterocycles. The van der Waals surface area contributed by atoms with E-state index >= 15 is 0 Å². The number of hydrogen-bond acceptors (Lipinski definition) is 3. The number of thiocarbonyl (C=S) groups is 1. The van der Waals surface area contributed by atoms with E-state index in [0.29, 0.717) is 10.0 Å². The van der Waals surface area contributed by atoms with Crippen molar-refractivity contribution in [2.75, 3.05) is 5.32 Å². The molecule has 0 spiro atoms. The lowest BCUT2D eigenvalue weighted by atomic mass is 10.00. The molecule has 1 aromatic heterocycles. The van der Waals surface area contributed by atoms with Crippen LogP contribution in [0, 0.1) is 6.92 Å². The first-order chi connectivity index (χ1) is 13.5. The molecular weight excluding hydrogens is 407 g/mol. The second kappa shape index (κ2) is 7.88. The van der Waals surface area contributed by atoms with Crippen LogP contribution in [-0.4, -0.2) is 9.85 Å². The molecule has 0 radical (unpaired) electrons. The normalized spacial score (nSPS) is 10.8. The minimum atomic E-state index is 0.611. The Bertz CT molecular complexity index is 1200. The summed E-state index contributed by atoms with van der Waals surface area (Å²) >= 11 is 18.3. The summed E-state index contributed by atoms with van der Waals surface area (Å²) in [5.41, 5.74) is 5.66. The van der Waals surface area contributed by atoms with Gasteiger partial charge in [0.05, 0.1) is 15.4 Å². The van der Waals surface area contributed by atoms with Crippen molar-refractivity contribution >= 4 is 62.6 Å². The molecule has 4 rings (SSSR count). The van der Waals surface area contributed by atoms with Crippen LogP contribution in [-0.2, 0) is 0 Å². The molecule has 0 atom stereocenters. The SMILES string of the molecule is Cc1ccccc1C(=S)c1ccc(Nc2ccnc3cc(Cl)ccc23)cc1Cl. The van der Waals surface area contributed by atoms with Crippen molar-refractivity contribution in [3.8, 4) is 0 Å². The lowest BCUT2D eigenvalue weighted by Crippen LogP contribution is -2.03. The van der Waals surface area contributed by atoms with Gasteiger partial charge in [-0.2, -0.15) is 0 Å². The maximum Gasteiger partial charge on any atom is 0.0737 e. The molecule has 5 heteroatoms. The van der Waals surface area contributed by atoms with Crippen LogP contribution < -0.4 is 5.32 Å². The van der Waals surface area contributed by atoms with E-state index in [1.807, 2.05) is 73.7 Å². The number of aryl methyl sites for hydroxylation is 1. The number of halogens is 2. The van der Waals surface area contributed by atoms with Crippen molar-refractivity contribution in [2.24, 2.45) is 0 Å². The highest BCUT2D eigenvalue weighted by molar-refractivity contribution is 7.81. The summed E-state index contributed by atoms with van der Waals surface area (Å²) in [6.07, 6.45) is 1.75. The molecule has 3 aromatic carbocycles. The highest BCUT2D eigenvalue weighted by Gasteiger charge is 2.12. The Labute approximate surface area is 179 Å². The summed E-state index contributed by atoms with van der Waals surface area (Å²) in [6.45, 7) is 2.05. The average Bonchev–Trinajstić information content (AvgIpc) is 2.68. The number of benzene rings is 3. The molecule has 0 unspecified atom stereocenters. The Morgan fingerprint density at radius 1 is 0.929 bits per heavy atom. The van der Waals surface area contributed by atoms with Gasteiger partial charge in [-0.25, -0.2) is 0 Å². The number of hydrogen-bond donors (Lipinski definition) is 1. The van der Waals surface area contributed by atoms with Crippen LogP contribution in [0.5, 0.6) is 0 Å². The van der Waals surface area contributed by atoms with Crippen molar-refractivity contribution in [1.82, 2.24) is 4.98 Å². The molecule has 0 aliphatic rings. The van der Waals surface area contributed by atoms with Crippen molar-refractivity contribution < 1.29 is 0 Å². The summed E-state index contributed by atoms with van der Waals surface area (Å²) in [5.74, 6) is 0. The molecule has 1 N–H and O–H groups in total. The van der Waals surface area contributed by atoms with Crippen LogP contribution in [0.2, 0.25) is 10.0 Å². The van der Waals surface area contributed by atoms with Crippen molar-refractivity contribution in [3.63, 3.8) is 0 Å². The van der Waals surface area contributed by atoms with E-state index in [1.165, 1.54) is 0 Å². The van der Waals surface area contributed by atoms with E-state index in [9.17, 15) is 0 Å². The fourth-order valence-electron chi connectivity index (χ4n) is 3.14. The van der Waals surface area contributed by atoms with Crippen LogP contribution in [0.3, 0.4) is 0 Å². The number of rotatable bonds is 4. The van der Waals surface area contributed by atoms with Gasteiger partial charge in [-0.1, -0.05) is 59.7 Å². The Balaban J connectivity index is 1.66. The first kappa shape index (κ1) is 18.9. The van der Waals surface area contributed by atoms with Crippen LogP contribution in [0.1, 0.15) is 16.7 Å². The number of anilines is 2. The molecular formula is C23H16Cl2N2S. The topological polar surface area (TPSA) is 24.9 Å². The zero-order chi connectivity index (χ0) is 19.7. The van der Waals surface area contributed by atoms with Crippen molar-refractivity contribution in [1.29, 1.82) is 0 Å². The first-order valence-corrected chi connectivity index (χ1v) is 9.90. The van der Waals surface area contributed by atoms with Gasteiger partial charge in [-0.05, 0) is 60.5 Å². The Morgan fingerprint density at radius 2 is 1.75 bits per heavy atom. The molecule has 138 valence electrons. The van der Waals surface area contributed by atoms with E-state index in [1.54, 1.807) is 6.20 Å². The van der Waals surface area contributed by atoms with Crippen LogP contribution in [0.4, 0.5) is 11.4 Å². The van der Waals surface area contributed by atoms with Gasteiger partial charge < -0.3 is 5.32 Å². The van der Waals surface area contributed by atoms with E-state index in [4.69, 9.17) is 35.4 Å². The Morgan fingerprint density at radius 3 is 2.54 bits per heavy atom. The predicted octanol–water partition coefficient (Wildman–Crippen LogP) is 7.36. The van der Waals surface area contributed by atoms with Crippen LogP contribution in [0.25, 0.3) is 10.9 Å². The third kappa shape index (κ3) is 3.74. The second-order valence-corrected chi connectivity index (χ2v) is 7.74. The number of nitrogens with one attached hydrogen (secondary N) is 1. The van der Waals surface area contributed by atoms with E-state index in [0.717, 1.165) is 43.8 Å². The maximum absolute atomic E-state index is 6.57. The number of pyridine rings is 1. The highest BCUT2D eigenvalue weighted by Crippen LogP contribution is 2.30. The monoisotopic (exact) mass is 422 g/mol. The molecule has 0 saturated heterocycles. The second-order valence-electron chi connectivity index (χ2n) is 6.48. The lowest BCUT2D eigenvalue weighted by Gasteiger charge is -2.13. The van der Waals surface area contributed by atoms with Gasteiger partial charge in [-0.3, -0.25) is 4.98 Å². The summed E-state index contributed by atoms with van der Waals surface area (Å²) in [6, 6.07) is 21.5. The number of nitrogens with zero attached hydrogens (tertiary/aromatic N) is 1. The van der Waals surface area contributed by atoms with Gasteiger partial charge in [0.2, 0.25) is 0 Å². The third-order valence-electron chi connectivity index (χ3n) is 4.59. The largest absolute Gasteiger partial charge is 0.355 e. The fourth-order valence-corrected chi connectivity index (χ4v) is 4.04. The van der Waals surface area contributed by atoms with Crippen LogP contribution in [0.15, 0.2) is 72.9 Å². The zero-order valence-corrected chi connectivity index (χ0v) is 17.4. The van der Waals surface area contributed by atoms with Crippen molar-refractivity contribution in [2.45, 2.75) is 6.92 Å². The molecule has 0 aliphatic carbocycles. The summed E-state index contributed by atoms with van der Waals surface area (Å²) in [7, 11) is 0. The van der Waals surface area contributed by atoms with Crippen LogP contribution >= 0.6 is 35.4 Å². The van der Waals surface area contributed by atoms with Gasteiger partial charge in [0, 0.05) is 33.5 Å². The number of fused-ring (bicyclic) bond motifs is 1. The highest BCUT2D eigenvalue weighted by atomic mass is 35.5. The fraction of sp³-hybridized carbons (Fsp3) is 0.0435. The molecule has 0 bridgehead atoms. The van der Waals surface area contributed by atoms with Gasteiger partial charge >= 0.3 is 0 Å². The maximum atomic E-state index is 6.57. The van der Waals surface area contributed by atoms with E-state index < -0.39 is 0 Å². The molecule has 28 heavy (non-hydrogen) atoms. The molecule has 0 fully saturated rings. The van der Waals surface area contributed by atoms with E-state index in [2.05, 4.69) is 10.3 Å². The molecule has 1 heterocycles. The lowest BCUT2D eigenvalue weighted by molar-refractivity contribution is 1.40. The van der Waals surface area contributed by atoms with Gasteiger partial charge in [0.1, 0.15) is 0 Å². The Hall–Kier alpha value is -2.46. The van der Waals surface area contributed by atoms with Gasteiger partial charge in [0.25, 0.3) is 0 Å². The minimum absolute atomic E-state index is 0.611. The quantitative estimate of drug-likeness (QED) is 0.274. The van der Waals surface area contributed by atoms with Gasteiger partial charge in [-0.15, -0.1) is 0 Å². The standard InChI is InChI=1S/C23H16Cl2N2S/c1-14-4-2-3-5-17(14)23(28)18-9-7-16(13-20(18)25)27-21-10-11-26-22-12-15(24)6-8-19(21)22/h2-13H,1H3,(H,26,27). The van der Waals surface area contributed by atoms with Gasteiger partial charge in [0.15, 0.2) is 0 Å². The predicted molar refractivity (Wildman–Crippen MR) is 123 cm³/mol. The number of aromatic nitrogens is 1. The minimum Gasteiger partial charge on any atom is -0.355 e. The van der Waals surface area contributed by atoms with Crippen molar-refractivity contribution in [3.05, 3.63) is 99.7 Å². The summed E-state index contributed by atoms with van der Waals surface area (Å²) in [5, 5.41) is 5.67. The summed E-state index contributed by atoms with van der Waals surface area (Å²) in [4.78, 5) is 5.12. The average molecular weight is 423 g/mol. The molecule has 0 amide bonds. The summed E-state index contributed by atoms with van der Waals surface area (Å²) < 4.78 is 0.